The van der Waals surface area contributed by atoms with E-state index in [9.17, 15) is 8.42 Å². The van der Waals surface area contributed by atoms with Gasteiger partial charge in [-0.1, -0.05) is 0 Å². The SMILES string of the molecule is CC1CNCC(C)O1.O=S1(=O)CCNCC1. The molecular formula is C10H22N2O3S. The maximum Gasteiger partial charge on any atom is 0.152 e. The average molecular weight is 250 g/mol. The van der Waals surface area contributed by atoms with Crippen LogP contribution in [0.2, 0.25) is 0 Å². The monoisotopic (exact) mass is 250 g/mol. The zero-order valence-corrected chi connectivity index (χ0v) is 10.8. The molecule has 2 aliphatic heterocycles. The lowest BCUT2D eigenvalue weighted by Gasteiger charge is -2.25. The number of ether oxygens (including phenoxy) is 1. The van der Waals surface area contributed by atoms with Crippen molar-refractivity contribution in [3.05, 3.63) is 0 Å². The smallest absolute Gasteiger partial charge is 0.152 e. The molecule has 2 N–H and O–H groups in total. The predicted molar refractivity (Wildman–Crippen MR) is 64.4 cm³/mol. The van der Waals surface area contributed by atoms with E-state index >= 15 is 0 Å². The van der Waals surface area contributed by atoms with Gasteiger partial charge in [-0.25, -0.2) is 8.42 Å². The molecular weight excluding hydrogens is 228 g/mol. The number of nitrogens with one attached hydrogen (secondary N) is 2. The summed E-state index contributed by atoms with van der Waals surface area (Å²) in [4.78, 5) is 0. The van der Waals surface area contributed by atoms with Crippen molar-refractivity contribution in [3.8, 4) is 0 Å². The number of hydrogen-bond donors (Lipinski definition) is 2. The molecule has 2 saturated heterocycles. The second-order valence-electron chi connectivity index (χ2n) is 4.32. The fourth-order valence-electron chi connectivity index (χ4n) is 1.67. The number of morpholine rings is 1. The Balaban J connectivity index is 0.000000160. The summed E-state index contributed by atoms with van der Waals surface area (Å²) in [5, 5.41) is 6.22. The van der Waals surface area contributed by atoms with E-state index in [1.807, 2.05) is 0 Å². The van der Waals surface area contributed by atoms with Crippen LogP contribution in [-0.4, -0.2) is 58.3 Å². The summed E-state index contributed by atoms with van der Waals surface area (Å²) < 4.78 is 26.6. The molecule has 2 aliphatic rings. The molecule has 0 saturated carbocycles. The molecule has 2 atom stereocenters. The zero-order chi connectivity index (χ0) is 12.0. The number of rotatable bonds is 0. The first-order valence-corrected chi connectivity index (χ1v) is 7.59. The van der Waals surface area contributed by atoms with Crippen LogP contribution in [0.1, 0.15) is 13.8 Å². The van der Waals surface area contributed by atoms with E-state index in [0.29, 0.717) is 36.8 Å². The van der Waals surface area contributed by atoms with Crippen molar-refractivity contribution in [3.63, 3.8) is 0 Å². The fraction of sp³-hybridized carbons (Fsp3) is 1.00. The van der Waals surface area contributed by atoms with Crippen molar-refractivity contribution in [2.45, 2.75) is 26.1 Å². The molecule has 0 spiro atoms. The molecule has 2 fully saturated rings. The number of sulfone groups is 1. The highest BCUT2D eigenvalue weighted by Crippen LogP contribution is 2.00. The lowest BCUT2D eigenvalue weighted by molar-refractivity contribution is -0.0166. The summed E-state index contributed by atoms with van der Waals surface area (Å²) >= 11 is 0. The maximum atomic E-state index is 10.6. The van der Waals surface area contributed by atoms with E-state index in [1.54, 1.807) is 0 Å². The first kappa shape index (κ1) is 13.9. The predicted octanol–water partition coefficient (Wildman–Crippen LogP) is -0.612. The summed E-state index contributed by atoms with van der Waals surface area (Å²) in [5.74, 6) is 0.625. The van der Waals surface area contributed by atoms with Crippen LogP contribution < -0.4 is 10.6 Å². The van der Waals surface area contributed by atoms with Gasteiger partial charge in [-0.05, 0) is 13.8 Å². The molecule has 0 bridgehead atoms. The Bertz CT molecular complexity index is 272. The quantitative estimate of drug-likeness (QED) is 0.600. The molecule has 96 valence electrons. The third-order valence-electron chi connectivity index (χ3n) is 2.51. The molecule has 2 rings (SSSR count). The largest absolute Gasteiger partial charge is 0.373 e. The molecule has 0 radical (unpaired) electrons. The van der Waals surface area contributed by atoms with Gasteiger partial charge in [0.1, 0.15) is 0 Å². The molecule has 0 aromatic heterocycles. The summed E-state index contributed by atoms with van der Waals surface area (Å²) in [5.41, 5.74) is 0. The van der Waals surface area contributed by atoms with Gasteiger partial charge in [-0.2, -0.15) is 0 Å². The lowest BCUT2D eigenvalue weighted by Crippen LogP contribution is -2.41. The van der Waals surface area contributed by atoms with Crippen molar-refractivity contribution in [2.75, 3.05) is 37.7 Å². The normalized spacial score (nSPS) is 33.6. The highest BCUT2D eigenvalue weighted by Gasteiger charge is 2.13. The van der Waals surface area contributed by atoms with Crippen molar-refractivity contribution >= 4 is 9.84 Å². The minimum Gasteiger partial charge on any atom is -0.373 e. The Labute approximate surface area is 97.9 Å². The third-order valence-corrected chi connectivity index (χ3v) is 4.16. The second kappa shape index (κ2) is 6.54. The van der Waals surface area contributed by atoms with Gasteiger partial charge in [0, 0.05) is 26.2 Å². The standard InChI is InChI=1S/C6H13NO.C4H9NO2S/c1-5-3-7-4-6(2)8-5;6-8(7)3-1-5-2-4-8/h5-7H,3-4H2,1-2H3;5H,1-4H2. The Morgan fingerprint density at radius 3 is 1.75 bits per heavy atom. The van der Waals surface area contributed by atoms with Gasteiger partial charge in [0.05, 0.1) is 23.7 Å². The van der Waals surface area contributed by atoms with Crippen LogP contribution >= 0.6 is 0 Å². The van der Waals surface area contributed by atoms with Gasteiger partial charge in [-0.3, -0.25) is 0 Å². The van der Waals surface area contributed by atoms with Crippen LogP contribution in [-0.2, 0) is 14.6 Å². The first-order valence-electron chi connectivity index (χ1n) is 5.77. The molecule has 0 aromatic carbocycles. The van der Waals surface area contributed by atoms with Gasteiger partial charge in [0.15, 0.2) is 9.84 Å². The number of hydrogen-bond acceptors (Lipinski definition) is 5. The second-order valence-corrected chi connectivity index (χ2v) is 6.62. The van der Waals surface area contributed by atoms with Gasteiger partial charge in [-0.15, -0.1) is 0 Å². The fourth-order valence-corrected chi connectivity index (χ4v) is 2.78. The average Bonchev–Trinajstić information content (AvgIpc) is 2.17. The van der Waals surface area contributed by atoms with E-state index < -0.39 is 9.84 Å². The van der Waals surface area contributed by atoms with Gasteiger partial charge in [0.2, 0.25) is 0 Å². The van der Waals surface area contributed by atoms with Crippen molar-refractivity contribution in [1.29, 1.82) is 0 Å². The Kier molecular flexibility index (Phi) is 5.68. The Morgan fingerprint density at radius 1 is 1.00 bits per heavy atom. The first-order chi connectivity index (χ1) is 7.49. The van der Waals surface area contributed by atoms with Crippen LogP contribution in [0.4, 0.5) is 0 Å². The van der Waals surface area contributed by atoms with E-state index in [1.165, 1.54) is 0 Å². The zero-order valence-electron chi connectivity index (χ0n) is 10.0. The van der Waals surface area contributed by atoms with Crippen LogP contribution in [0.25, 0.3) is 0 Å². The molecule has 0 amide bonds. The van der Waals surface area contributed by atoms with E-state index in [4.69, 9.17) is 4.74 Å². The molecule has 5 nitrogen and oxygen atoms in total. The summed E-state index contributed by atoms with van der Waals surface area (Å²) in [6.45, 7) is 7.44. The van der Waals surface area contributed by atoms with Gasteiger partial charge >= 0.3 is 0 Å². The summed E-state index contributed by atoms with van der Waals surface area (Å²) in [6.07, 6.45) is 0.803. The molecule has 0 aliphatic carbocycles. The topological polar surface area (TPSA) is 67.4 Å². The summed E-state index contributed by atoms with van der Waals surface area (Å²) in [6, 6.07) is 0. The van der Waals surface area contributed by atoms with Crippen LogP contribution in [0, 0.1) is 0 Å². The van der Waals surface area contributed by atoms with Crippen LogP contribution in [0.3, 0.4) is 0 Å². The molecule has 2 heterocycles. The highest BCUT2D eigenvalue weighted by atomic mass is 32.2. The van der Waals surface area contributed by atoms with Gasteiger partial charge in [0.25, 0.3) is 0 Å². The minimum atomic E-state index is -2.65. The molecule has 2 unspecified atom stereocenters. The third kappa shape index (κ3) is 5.79. The van der Waals surface area contributed by atoms with Crippen LogP contribution in [0.5, 0.6) is 0 Å². The molecule has 0 aromatic rings. The van der Waals surface area contributed by atoms with Gasteiger partial charge < -0.3 is 15.4 Å². The summed E-state index contributed by atoms with van der Waals surface area (Å²) in [7, 11) is -2.65. The van der Waals surface area contributed by atoms with E-state index in [0.717, 1.165) is 13.1 Å². The Hall–Kier alpha value is -0.170. The maximum absolute atomic E-state index is 10.6. The molecule has 16 heavy (non-hydrogen) atoms. The van der Waals surface area contributed by atoms with Crippen molar-refractivity contribution < 1.29 is 13.2 Å². The van der Waals surface area contributed by atoms with Crippen molar-refractivity contribution in [2.24, 2.45) is 0 Å². The van der Waals surface area contributed by atoms with Crippen LogP contribution in [0.15, 0.2) is 0 Å². The highest BCUT2D eigenvalue weighted by molar-refractivity contribution is 7.91. The minimum absolute atomic E-state index is 0.312. The Morgan fingerprint density at radius 2 is 1.50 bits per heavy atom. The van der Waals surface area contributed by atoms with E-state index in [-0.39, 0.29) is 0 Å². The van der Waals surface area contributed by atoms with E-state index in [2.05, 4.69) is 24.5 Å². The molecule has 6 heteroatoms. The van der Waals surface area contributed by atoms with Crippen molar-refractivity contribution in [1.82, 2.24) is 10.6 Å². The lowest BCUT2D eigenvalue weighted by atomic mass is 10.3.